The summed E-state index contributed by atoms with van der Waals surface area (Å²) in [5, 5.41) is 7.36. The van der Waals surface area contributed by atoms with E-state index in [1.54, 1.807) is 7.05 Å². The summed E-state index contributed by atoms with van der Waals surface area (Å²) in [5.74, 6) is 0.750. The number of anilines is 1. The van der Waals surface area contributed by atoms with Crippen LogP contribution in [0.3, 0.4) is 0 Å². The van der Waals surface area contributed by atoms with Gasteiger partial charge in [0.25, 0.3) is 0 Å². The SMILES string of the molecule is CN=C(NCc1cccc(N(C)C)c1)NCc1ccccc1Cl.I. The molecule has 2 rings (SSSR count). The first-order valence-electron chi connectivity index (χ1n) is 7.54. The summed E-state index contributed by atoms with van der Waals surface area (Å²) < 4.78 is 0. The molecule has 2 aromatic carbocycles. The molecule has 0 amide bonds. The predicted molar refractivity (Wildman–Crippen MR) is 115 cm³/mol. The number of benzene rings is 2. The van der Waals surface area contributed by atoms with Gasteiger partial charge in [-0.3, -0.25) is 4.99 Å². The zero-order valence-electron chi connectivity index (χ0n) is 14.2. The van der Waals surface area contributed by atoms with Crippen LogP contribution in [0.2, 0.25) is 5.02 Å². The van der Waals surface area contributed by atoms with Gasteiger partial charge in [0.1, 0.15) is 0 Å². The summed E-state index contributed by atoms with van der Waals surface area (Å²) >= 11 is 6.17. The molecule has 0 unspecified atom stereocenters. The molecular weight excluding hydrogens is 435 g/mol. The number of aliphatic imine (C=N–C) groups is 1. The van der Waals surface area contributed by atoms with Crippen molar-refractivity contribution >= 4 is 47.2 Å². The van der Waals surface area contributed by atoms with Gasteiger partial charge in [0.05, 0.1) is 0 Å². The second-order valence-corrected chi connectivity index (χ2v) is 5.84. The maximum Gasteiger partial charge on any atom is 0.191 e. The Kier molecular flexibility index (Phi) is 8.92. The average molecular weight is 459 g/mol. The molecular formula is C18H24ClIN4. The van der Waals surface area contributed by atoms with Crippen LogP contribution in [-0.2, 0) is 13.1 Å². The van der Waals surface area contributed by atoms with Crippen LogP contribution in [0.5, 0.6) is 0 Å². The highest BCUT2D eigenvalue weighted by molar-refractivity contribution is 14.0. The first-order chi connectivity index (χ1) is 11.1. The fourth-order valence-corrected chi connectivity index (χ4v) is 2.37. The number of hydrogen-bond donors (Lipinski definition) is 2. The highest BCUT2D eigenvalue weighted by atomic mass is 127. The van der Waals surface area contributed by atoms with E-state index in [1.165, 1.54) is 11.3 Å². The van der Waals surface area contributed by atoms with Crippen molar-refractivity contribution in [3.05, 3.63) is 64.7 Å². The lowest BCUT2D eigenvalue weighted by Gasteiger charge is -2.15. The van der Waals surface area contributed by atoms with Crippen molar-refractivity contribution in [3.63, 3.8) is 0 Å². The lowest BCUT2D eigenvalue weighted by molar-refractivity contribution is 0.809. The van der Waals surface area contributed by atoms with E-state index >= 15 is 0 Å². The molecule has 0 fully saturated rings. The van der Waals surface area contributed by atoms with E-state index in [2.05, 4.69) is 44.8 Å². The molecule has 0 aliphatic heterocycles. The summed E-state index contributed by atoms with van der Waals surface area (Å²) in [4.78, 5) is 6.34. The average Bonchev–Trinajstić information content (AvgIpc) is 2.56. The van der Waals surface area contributed by atoms with E-state index in [-0.39, 0.29) is 24.0 Å². The quantitative estimate of drug-likeness (QED) is 0.406. The van der Waals surface area contributed by atoms with Crippen LogP contribution in [0, 0.1) is 0 Å². The van der Waals surface area contributed by atoms with Crippen molar-refractivity contribution in [3.8, 4) is 0 Å². The number of hydrogen-bond acceptors (Lipinski definition) is 2. The van der Waals surface area contributed by atoms with Gasteiger partial charge in [0.2, 0.25) is 0 Å². The molecule has 0 saturated carbocycles. The molecule has 2 N–H and O–H groups in total. The molecule has 0 saturated heterocycles. The van der Waals surface area contributed by atoms with Crippen molar-refractivity contribution in [2.45, 2.75) is 13.1 Å². The van der Waals surface area contributed by atoms with Gasteiger partial charge >= 0.3 is 0 Å². The third-order valence-corrected chi connectivity index (χ3v) is 3.88. The van der Waals surface area contributed by atoms with E-state index in [0.29, 0.717) is 13.1 Å². The van der Waals surface area contributed by atoms with Gasteiger partial charge in [0.15, 0.2) is 5.96 Å². The van der Waals surface area contributed by atoms with E-state index in [4.69, 9.17) is 11.6 Å². The third-order valence-electron chi connectivity index (χ3n) is 3.51. The fraction of sp³-hybridized carbons (Fsp3) is 0.278. The van der Waals surface area contributed by atoms with Crippen LogP contribution in [0.25, 0.3) is 0 Å². The van der Waals surface area contributed by atoms with E-state index < -0.39 is 0 Å². The molecule has 4 nitrogen and oxygen atoms in total. The van der Waals surface area contributed by atoms with Gasteiger partial charge in [-0.25, -0.2) is 0 Å². The maximum atomic E-state index is 6.17. The molecule has 0 heterocycles. The Morgan fingerprint density at radius 1 is 1.04 bits per heavy atom. The van der Waals surface area contributed by atoms with E-state index in [9.17, 15) is 0 Å². The molecule has 130 valence electrons. The van der Waals surface area contributed by atoms with Gasteiger partial charge in [-0.05, 0) is 29.3 Å². The summed E-state index contributed by atoms with van der Waals surface area (Å²) in [6, 6.07) is 16.2. The number of halogens is 2. The Morgan fingerprint density at radius 2 is 1.75 bits per heavy atom. The zero-order valence-corrected chi connectivity index (χ0v) is 17.3. The maximum absolute atomic E-state index is 6.17. The monoisotopic (exact) mass is 458 g/mol. The lowest BCUT2D eigenvalue weighted by Crippen LogP contribution is -2.36. The summed E-state index contributed by atoms with van der Waals surface area (Å²) in [6.45, 7) is 1.35. The molecule has 0 aliphatic carbocycles. The van der Waals surface area contributed by atoms with Crippen LogP contribution in [0.15, 0.2) is 53.5 Å². The molecule has 0 aliphatic rings. The van der Waals surface area contributed by atoms with Crippen molar-refractivity contribution in [2.75, 3.05) is 26.0 Å². The normalized spacial score (nSPS) is 10.8. The van der Waals surface area contributed by atoms with Crippen LogP contribution in [0.4, 0.5) is 5.69 Å². The zero-order chi connectivity index (χ0) is 16.7. The number of nitrogens with zero attached hydrogens (tertiary/aromatic N) is 2. The topological polar surface area (TPSA) is 39.7 Å². The number of guanidine groups is 1. The third kappa shape index (κ3) is 6.20. The molecule has 0 bridgehead atoms. The minimum absolute atomic E-state index is 0. The number of nitrogens with one attached hydrogen (secondary N) is 2. The van der Waals surface area contributed by atoms with Gasteiger partial charge in [-0.15, -0.1) is 24.0 Å². The van der Waals surface area contributed by atoms with Gasteiger partial charge in [0, 0.05) is 44.9 Å². The highest BCUT2D eigenvalue weighted by Gasteiger charge is 2.03. The molecule has 6 heteroatoms. The van der Waals surface area contributed by atoms with Crippen LogP contribution >= 0.6 is 35.6 Å². The lowest BCUT2D eigenvalue weighted by atomic mass is 10.2. The first kappa shape index (κ1) is 20.6. The molecule has 0 aromatic heterocycles. The summed E-state index contributed by atoms with van der Waals surface area (Å²) in [7, 11) is 5.84. The van der Waals surface area contributed by atoms with Crippen molar-refractivity contribution in [1.82, 2.24) is 10.6 Å². The Hall–Kier alpha value is -1.47. The Morgan fingerprint density at radius 3 is 2.42 bits per heavy atom. The summed E-state index contributed by atoms with van der Waals surface area (Å²) in [6.07, 6.45) is 0. The molecule has 0 spiro atoms. The van der Waals surface area contributed by atoms with Crippen LogP contribution in [0.1, 0.15) is 11.1 Å². The second kappa shape index (κ2) is 10.4. The van der Waals surface area contributed by atoms with E-state index in [0.717, 1.165) is 16.5 Å². The Labute approximate surface area is 166 Å². The van der Waals surface area contributed by atoms with Gasteiger partial charge < -0.3 is 15.5 Å². The summed E-state index contributed by atoms with van der Waals surface area (Å²) in [5.41, 5.74) is 3.44. The minimum Gasteiger partial charge on any atom is -0.378 e. The molecule has 24 heavy (non-hydrogen) atoms. The smallest absolute Gasteiger partial charge is 0.191 e. The van der Waals surface area contributed by atoms with Crippen LogP contribution in [-0.4, -0.2) is 27.1 Å². The Bertz CT molecular complexity index is 674. The Balaban J connectivity index is 0.00000288. The fourth-order valence-electron chi connectivity index (χ4n) is 2.17. The van der Waals surface area contributed by atoms with Crippen molar-refractivity contribution < 1.29 is 0 Å². The van der Waals surface area contributed by atoms with E-state index in [1.807, 2.05) is 38.4 Å². The standard InChI is InChI=1S/C18H23ClN4.HI/c1-20-18(22-13-15-8-4-5-10-17(15)19)21-12-14-7-6-9-16(11-14)23(2)3;/h4-11H,12-13H2,1-3H3,(H2,20,21,22);1H. The minimum atomic E-state index is 0. The van der Waals surface area contributed by atoms with Crippen LogP contribution < -0.4 is 15.5 Å². The number of rotatable bonds is 5. The highest BCUT2D eigenvalue weighted by Crippen LogP contribution is 2.14. The first-order valence-corrected chi connectivity index (χ1v) is 7.92. The van der Waals surface area contributed by atoms with Crippen molar-refractivity contribution in [2.24, 2.45) is 4.99 Å². The molecule has 2 aromatic rings. The molecule has 0 radical (unpaired) electrons. The largest absolute Gasteiger partial charge is 0.378 e. The van der Waals surface area contributed by atoms with Gasteiger partial charge in [-0.2, -0.15) is 0 Å². The second-order valence-electron chi connectivity index (χ2n) is 5.44. The predicted octanol–water partition coefficient (Wildman–Crippen LogP) is 3.89. The van der Waals surface area contributed by atoms with Gasteiger partial charge in [-0.1, -0.05) is 41.9 Å². The van der Waals surface area contributed by atoms with Crippen molar-refractivity contribution in [1.29, 1.82) is 0 Å². The molecule has 0 atom stereocenters.